The first-order valence-corrected chi connectivity index (χ1v) is 7.87. The third kappa shape index (κ3) is 3.43. The van der Waals surface area contributed by atoms with E-state index in [9.17, 15) is 0 Å². The molecule has 3 rings (SSSR count). The van der Waals surface area contributed by atoms with E-state index in [1.165, 1.54) is 50.0 Å². The molecule has 1 N–H and O–H groups in total. The zero-order valence-electron chi connectivity index (χ0n) is 11.7. The number of rotatable bonds is 4. The smallest absolute Gasteiger partial charge is 0.0412 e. The molecule has 0 bridgehead atoms. The number of benzene rings is 1. The van der Waals surface area contributed by atoms with Crippen LogP contribution in [-0.4, -0.2) is 19.1 Å². The summed E-state index contributed by atoms with van der Waals surface area (Å²) in [7, 11) is 0. The zero-order chi connectivity index (χ0) is 13.2. The van der Waals surface area contributed by atoms with Crippen LogP contribution >= 0.6 is 11.6 Å². The normalized spacial score (nSPS) is 23.7. The molecule has 2 nitrogen and oxygen atoms in total. The molecular weight excluding hydrogens is 256 g/mol. The van der Waals surface area contributed by atoms with Gasteiger partial charge in [-0.1, -0.05) is 18.5 Å². The fraction of sp³-hybridized carbons (Fsp3) is 0.625. The Morgan fingerprint density at radius 3 is 2.89 bits per heavy atom. The summed E-state index contributed by atoms with van der Waals surface area (Å²) in [5.41, 5.74) is 2.73. The van der Waals surface area contributed by atoms with Crippen molar-refractivity contribution in [2.45, 2.75) is 45.2 Å². The van der Waals surface area contributed by atoms with Gasteiger partial charge in [-0.2, -0.15) is 0 Å². The molecule has 1 saturated carbocycles. The molecule has 1 heterocycles. The fourth-order valence-electron chi connectivity index (χ4n) is 2.95. The highest BCUT2D eigenvalue weighted by Gasteiger charge is 2.22. The maximum Gasteiger partial charge on any atom is 0.0412 e. The second kappa shape index (κ2) is 5.72. The minimum atomic E-state index is 0.743. The molecule has 1 aliphatic carbocycles. The lowest BCUT2D eigenvalue weighted by Crippen LogP contribution is -2.35. The molecule has 0 aromatic heterocycles. The van der Waals surface area contributed by atoms with Crippen molar-refractivity contribution in [1.29, 1.82) is 0 Å². The Hall–Kier alpha value is -0.730. The van der Waals surface area contributed by atoms with Gasteiger partial charge in [0.1, 0.15) is 0 Å². The lowest BCUT2D eigenvalue weighted by atomic mass is 9.99. The Morgan fingerprint density at radius 1 is 1.32 bits per heavy atom. The fourth-order valence-corrected chi connectivity index (χ4v) is 3.15. The first-order valence-electron chi connectivity index (χ1n) is 7.49. The maximum atomic E-state index is 6.17. The van der Waals surface area contributed by atoms with Gasteiger partial charge in [-0.15, -0.1) is 0 Å². The minimum absolute atomic E-state index is 0.743. The number of nitrogens with zero attached hydrogens (tertiary/aromatic N) is 1. The molecule has 1 aromatic carbocycles. The van der Waals surface area contributed by atoms with E-state index in [0.717, 1.165) is 23.5 Å². The van der Waals surface area contributed by atoms with E-state index in [-0.39, 0.29) is 0 Å². The molecule has 1 saturated heterocycles. The van der Waals surface area contributed by atoms with Crippen LogP contribution in [0.1, 0.15) is 38.2 Å². The molecule has 3 heteroatoms. The number of hydrogen-bond donors (Lipinski definition) is 1. The van der Waals surface area contributed by atoms with Crippen molar-refractivity contribution >= 4 is 17.3 Å². The van der Waals surface area contributed by atoms with Crippen LogP contribution in [0, 0.1) is 5.92 Å². The molecule has 2 fully saturated rings. The molecule has 0 amide bonds. The Kier molecular flexibility index (Phi) is 3.99. The van der Waals surface area contributed by atoms with E-state index in [4.69, 9.17) is 11.6 Å². The van der Waals surface area contributed by atoms with Gasteiger partial charge in [0.15, 0.2) is 0 Å². The topological polar surface area (TPSA) is 15.3 Å². The van der Waals surface area contributed by atoms with Gasteiger partial charge in [0, 0.05) is 36.4 Å². The van der Waals surface area contributed by atoms with E-state index in [2.05, 4.69) is 29.3 Å². The Labute approximate surface area is 121 Å². The lowest BCUT2D eigenvalue weighted by Gasteiger charge is -2.34. The van der Waals surface area contributed by atoms with Crippen LogP contribution in [-0.2, 0) is 6.54 Å². The largest absolute Gasteiger partial charge is 0.371 e. The van der Waals surface area contributed by atoms with Gasteiger partial charge in [-0.25, -0.2) is 0 Å². The Morgan fingerprint density at radius 2 is 2.16 bits per heavy atom. The van der Waals surface area contributed by atoms with Crippen LogP contribution < -0.4 is 10.2 Å². The first-order chi connectivity index (χ1) is 9.22. The summed E-state index contributed by atoms with van der Waals surface area (Å²) < 4.78 is 0. The van der Waals surface area contributed by atoms with Gasteiger partial charge in [-0.3, -0.25) is 0 Å². The number of piperidine rings is 1. The van der Waals surface area contributed by atoms with Gasteiger partial charge in [-0.05, 0) is 55.4 Å². The van der Waals surface area contributed by atoms with Gasteiger partial charge in [0.2, 0.25) is 0 Å². The summed E-state index contributed by atoms with van der Waals surface area (Å²) in [4.78, 5) is 2.54. The maximum absolute atomic E-state index is 6.17. The summed E-state index contributed by atoms with van der Waals surface area (Å²) >= 11 is 6.17. The highest BCUT2D eigenvalue weighted by molar-refractivity contribution is 6.30. The second-order valence-electron chi connectivity index (χ2n) is 6.12. The van der Waals surface area contributed by atoms with E-state index in [1.807, 2.05) is 6.07 Å². The summed E-state index contributed by atoms with van der Waals surface area (Å²) in [6.45, 7) is 5.66. The van der Waals surface area contributed by atoms with E-state index >= 15 is 0 Å². The quantitative estimate of drug-likeness (QED) is 0.900. The monoisotopic (exact) mass is 278 g/mol. The molecule has 1 aromatic rings. The van der Waals surface area contributed by atoms with Gasteiger partial charge in [0.25, 0.3) is 0 Å². The molecule has 1 unspecified atom stereocenters. The third-order valence-electron chi connectivity index (χ3n) is 4.20. The molecule has 2 aliphatic rings. The van der Waals surface area contributed by atoms with E-state index in [0.29, 0.717) is 0 Å². The zero-order valence-corrected chi connectivity index (χ0v) is 12.4. The van der Waals surface area contributed by atoms with Crippen LogP contribution in [0.15, 0.2) is 18.2 Å². The average Bonchev–Trinajstić information content (AvgIpc) is 3.20. The predicted molar refractivity (Wildman–Crippen MR) is 81.9 cm³/mol. The van der Waals surface area contributed by atoms with Crippen LogP contribution in [0.2, 0.25) is 5.02 Å². The summed E-state index contributed by atoms with van der Waals surface area (Å²) in [5.74, 6) is 0.800. The lowest BCUT2D eigenvalue weighted by molar-refractivity contribution is 0.446. The van der Waals surface area contributed by atoms with Crippen molar-refractivity contribution < 1.29 is 0 Å². The first kappa shape index (κ1) is 13.3. The van der Waals surface area contributed by atoms with Crippen LogP contribution in [0.5, 0.6) is 0 Å². The van der Waals surface area contributed by atoms with Gasteiger partial charge in [0.05, 0.1) is 0 Å². The number of anilines is 1. The van der Waals surface area contributed by atoms with Crippen molar-refractivity contribution in [2.75, 3.05) is 18.0 Å². The SMILES string of the molecule is CC1CCCN(c2ccc(Cl)cc2CNC2CC2)C1. The Balaban J connectivity index is 1.77. The van der Waals surface area contributed by atoms with Crippen molar-refractivity contribution in [3.63, 3.8) is 0 Å². The van der Waals surface area contributed by atoms with Crippen molar-refractivity contribution in [2.24, 2.45) is 5.92 Å². The molecule has 1 aliphatic heterocycles. The highest BCUT2D eigenvalue weighted by atomic mass is 35.5. The molecule has 1 atom stereocenters. The minimum Gasteiger partial charge on any atom is -0.371 e. The summed E-state index contributed by atoms with van der Waals surface area (Å²) in [6, 6.07) is 7.10. The molecule has 0 spiro atoms. The average molecular weight is 279 g/mol. The van der Waals surface area contributed by atoms with Crippen molar-refractivity contribution in [3.8, 4) is 0 Å². The van der Waals surface area contributed by atoms with Crippen molar-refractivity contribution in [3.05, 3.63) is 28.8 Å². The van der Waals surface area contributed by atoms with E-state index < -0.39 is 0 Å². The summed E-state index contributed by atoms with van der Waals surface area (Å²) in [5, 5.41) is 4.45. The van der Waals surface area contributed by atoms with Crippen LogP contribution in [0.4, 0.5) is 5.69 Å². The van der Waals surface area contributed by atoms with Crippen LogP contribution in [0.25, 0.3) is 0 Å². The Bertz CT molecular complexity index is 442. The molecule has 0 radical (unpaired) electrons. The van der Waals surface area contributed by atoms with Crippen LogP contribution in [0.3, 0.4) is 0 Å². The number of nitrogens with one attached hydrogen (secondary N) is 1. The third-order valence-corrected chi connectivity index (χ3v) is 4.43. The van der Waals surface area contributed by atoms with Gasteiger partial charge >= 0.3 is 0 Å². The highest BCUT2D eigenvalue weighted by Crippen LogP contribution is 2.29. The molecule has 104 valence electrons. The standard InChI is InChI=1S/C16H23ClN2/c1-12-3-2-8-19(11-12)16-7-4-14(17)9-13(16)10-18-15-5-6-15/h4,7,9,12,15,18H,2-3,5-6,8,10-11H2,1H3. The summed E-state index contributed by atoms with van der Waals surface area (Å²) in [6.07, 6.45) is 5.33. The number of hydrogen-bond acceptors (Lipinski definition) is 2. The van der Waals surface area contributed by atoms with Gasteiger partial charge < -0.3 is 10.2 Å². The number of halogens is 1. The predicted octanol–water partition coefficient (Wildman–Crippen LogP) is 3.83. The molecule has 19 heavy (non-hydrogen) atoms. The second-order valence-corrected chi connectivity index (χ2v) is 6.56. The van der Waals surface area contributed by atoms with Crippen molar-refractivity contribution in [1.82, 2.24) is 5.32 Å². The van der Waals surface area contributed by atoms with E-state index in [1.54, 1.807) is 0 Å². The molecular formula is C16H23ClN2.